The molecule has 1 rings (SSSR count). The van der Waals surface area contributed by atoms with Gasteiger partial charge in [-0.1, -0.05) is 6.92 Å². The zero-order valence-corrected chi connectivity index (χ0v) is 15.8. The van der Waals surface area contributed by atoms with E-state index in [9.17, 15) is 0 Å². The quantitative estimate of drug-likeness (QED) is 0.536. The van der Waals surface area contributed by atoms with Crippen molar-refractivity contribution >= 4 is 11.6 Å². The molecular formula is C18H32N4O2. The zero-order valence-electron chi connectivity index (χ0n) is 15.8. The number of ether oxygens (including phenoxy) is 2. The van der Waals surface area contributed by atoms with Gasteiger partial charge < -0.3 is 20.1 Å². The SMILES string of the molecule is CCOc1cc(NC(=NC)NCCN(CC)C(C)C)ccc1OC. The molecule has 0 amide bonds. The molecule has 0 heterocycles. The first-order valence-corrected chi connectivity index (χ1v) is 8.58. The van der Waals surface area contributed by atoms with Gasteiger partial charge in [-0.05, 0) is 39.4 Å². The lowest BCUT2D eigenvalue weighted by atomic mass is 10.2. The summed E-state index contributed by atoms with van der Waals surface area (Å²) in [7, 11) is 3.40. The number of methoxy groups -OCH3 is 1. The molecule has 0 atom stereocenters. The third-order valence-electron chi connectivity index (χ3n) is 3.78. The highest BCUT2D eigenvalue weighted by Crippen LogP contribution is 2.30. The minimum Gasteiger partial charge on any atom is -0.493 e. The molecule has 0 aliphatic rings. The molecule has 0 aliphatic heterocycles. The molecule has 1 aromatic carbocycles. The van der Waals surface area contributed by atoms with Gasteiger partial charge in [-0.25, -0.2) is 0 Å². The number of hydrogen-bond donors (Lipinski definition) is 2. The van der Waals surface area contributed by atoms with E-state index in [-0.39, 0.29) is 0 Å². The number of benzene rings is 1. The standard InChI is InChI=1S/C18H32N4O2/c1-7-22(14(3)4)12-11-20-18(19-5)21-15-9-10-16(23-6)17(13-15)24-8-2/h9-10,13-14H,7-8,11-12H2,1-6H3,(H2,19,20,21). The molecule has 0 aromatic heterocycles. The van der Waals surface area contributed by atoms with Crippen LogP contribution in [0.5, 0.6) is 11.5 Å². The highest BCUT2D eigenvalue weighted by atomic mass is 16.5. The van der Waals surface area contributed by atoms with Crippen molar-refractivity contribution in [2.75, 3.05) is 45.7 Å². The van der Waals surface area contributed by atoms with Gasteiger partial charge in [0.1, 0.15) is 0 Å². The third-order valence-corrected chi connectivity index (χ3v) is 3.78. The van der Waals surface area contributed by atoms with Gasteiger partial charge in [0.25, 0.3) is 0 Å². The predicted molar refractivity (Wildman–Crippen MR) is 102 cm³/mol. The Morgan fingerprint density at radius 3 is 2.54 bits per heavy atom. The number of nitrogens with zero attached hydrogens (tertiary/aromatic N) is 2. The van der Waals surface area contributed by atoms with Gasteiger partial charge in [0, 0.05) is 37.9 Å². The van der Waals surface area contributed by atoms with Crippen molar-refractivity contribution in [1.29, 1.82) is 0 Å². The average Bonchev–Trinajstić information content (AvgIpc) is 2.57. The molecule has 24 heavy (non-hydrogen) atoms. The number of anilines is 1. The van der Waals surface area contributed by atoms with Crippen LogP contribution in [0, 0.1) is 0 Å². The lowest BCUT2D eigenvalue weighted by Gasteiger charge is -2.25. The summed E-state index contributed by atoms with van der Waals surface area (Å²) in [4.78, 5) is 6.68. The summed E-state index contributed by atoms with van der Waals surface area (Å²) in [5.74, 6) is 2.18. The normalized spacial score (nSPS) is 11.8. The number of guanidine groups is 1. The van der Waals surface area contributed by atoms with Crippen LogP contribution in [0.1, 0.15) is 27.7 Å². The van der Waals surface area contributed by atoms with Crippen molar-refractivity contribution in [3.8, 4) is 11.5 Å². The van der Waals surface area contributed by atoms with Crippen LogP contribution < -0.4 is 20.1 Å². The Bertz CT molecular complexity index is 518. The molecule has 0 bridgehead atoms. The van der Waals surface area contributed by atoms with E-state index in [4.69, 9.17) is 9.47 Å². The lowest BCUT2D eigenvalue weighted by molar-refractivity contribution is 0.237. The van der Waals surface area contributed by atoms with Crippen LogP contribution >= 0.6 is 0 Å². The maximum atomic E-state index is 5.61. The van der Waals surface area contributed by atoms with Crippen LogP contribution in [0.4, 0.5) is 5.69 Å². The first-order chi connectivity index (χ1) is 11.5. The maximum absolute atomic E-state index is 5.61. The molecule has 6 heteroatoms. The second kappa shape index (κ2) is 10.8. The van der Waals surface area contributed by atoms with Gasteiger partial charge in [0.2, 0.25) is 0 Å². The van der Waals surface area contributed by atoms with Crippen molar-refractivity contribution in [1.82, 2.24) is 10.2 Å². The highest BCUT2D eigenvalue weighted by molar-refractivity contribution is 5.93. The average molecular weight is 336 g/mol. The maximum Gasteiger partial charge on any atom is 0.195 e. The molecule has 0 unspecified atom stereocenters. The molecule has 136 valence electrons. The fourth-order valence-corrected chi connectivity index (χ4v) is 2.44. The van der Waals surface area contributed by atoms with E-state index in [2.05, 4.69) is 41.3 Å². The second-order valence-electron chi connectivity index (χ2n) is 5.64. The van der Waals surface area contributed by atoms with E-state index >= 15 is 0 Å². The van der Waals surface area contributed by atoms with Crippen LogP contribution in [0.25, 0.3) is 0 Å². The molecule has 0 fully saturated rings. The smallest absolute Gasteiger partial charge is 0.195 e. The Labute approximate surface area is 146 Å². The Kier molecular flexibility index (Phi) is 9.01. The van der Waals surface area contributed by atoms with Crippen molar-refractivity contribution in [2.45, 2.75) is 33.7 Å². The van der Waals surface area contributed by atoms with E-state index < -0.39 is 0 Å². The Morgan fingerprint density at radius 2 is 2.00 bits per heavy atom. The van der Waals surface area contributed by atoms with Gasteiger partial charge in [-0.3, -0.25) is 9.89 Å². The number of nitrogens with one attached hydrogen (secondary N) is 2. The van der Waals surface area contributed by atoms with Crippen LogP contribution in [0.2, 0.25) is 0 Å². The minimum absolute atomic E-state index is 0.544. The fraction of sp³-hybridized carbons (Fsp3) is 0.611. The summed E-state index contributed by atoms with van der Waals surface area (Å²) < 4.78 is 10.9. The van der Waals surface area contributed by atoms with E-state index in [1.165, 1.54) is 0 Å². The highest BCUT2D eigenvalue weighted by Gasteiger charge is 2.08. The second-order valence-corrected chi connectivity index (χ2v) is 5.64. The molecule has 0 radical (unpaired) electrons. The molecule has 0 spiro atoms. The van der Waals surface area contributed by atoms with Crippen molar-refractivity contribution < 1.29 is 9.47 Å². The van der Waals surface area contributed by atoms with E-state index in [1.807, 2.05) is 25.1 Å². The van der Waals surface area contributed by atoms with Gasteiger partial charge in [-0.15, -0.1) is 0 Å². The topological polar surface area (TPSA) is 58.1 Å². The molecule has 0 aliphatic carbocycles. The third kappa shape index (κ3) is 6.28. The Morgan fingerprint density at radius 1 is 1.25 bits per heavy atom. The van der Waals surface area contributed by atoms with E-state index in [0.29, 0.717) is 12.6 Å². The van der Waals surface area contributed by atoms with E-state index in [1.54, 1.807) is 14.2 Å². The van der Waals surface area contributed by atoms with Crippen LogP contribution in [-0.4, -0.2) is 57.3 Å². The summed E-state index contributed by atoms with van der Waals surface area (Å²) in [6.07, 6.45) is 0. The van der Waals surface area contributed by atoms with Crippen molar-refractivity contribution in [3.05, 3.63) is 18.2 Å². The van der Waals surface area contributed by atoms with Gasteiger partial charge in [0.15, 0.2) is 17.5 Å². The number of rotatable bonds is 9. The first kappa shape index (κ1) is 20.1. The molecule has 0 saturated carbocycles. The van der Waals surface area contributed by atoms with Crippen molar-refractivity contribution in [3.63, 3.8) is 0 Å². The summed E-state index contributed by atoms with van der Waals surface area (Å²) in [6.45, 7) is 12.0. The number of hydrogen-bond acceptors (Lipinski definition) is 4. The molecule has 6 nitrogen and oxygen atoms in total. The summed E-state index contributed by atoms with van der Waals surface area (Å²) in [5.41, 5.74) is 0.906. The zero-order chi connectivity index (χ0) is 17.9. The summed E-state index contributed by atoms with van der Waals surface area (Å²) in [6, 6.07) is 6.29. The summed E-state index contributed by atoms with van der Waals surface area (Å²) >= 11 is 0. The first-order valence-electron chi connectivity index (χ1n) is 8.58. The molecule has 0 saturated heterocycles. The van der Waals surface area contributed by atoms with E-state index in [0.717, 1.165) is 42.8 Å². The van der Waals surface area contributed by atoms with Gasteiger partial charge in [0.05, 0.1) is 13.7 Å². The Hall–Kier alpha value is -1.95. The lowest BCUT2D eigenvalue weighted by Crippen LogP contribution is -2.40. The molecule has 2 N–H and O–H groups in total. The minimum atomic E-state index is 0.544. The van der Waals surface area contributed by atoms with Crippen LogP contribution in [0.15, 0.2) is 23.2 Å². The number of aliphatic imine (C=N–C) groups is 1. The van der Waals surface area contributed by atoms with Crippen molar-refractivity contribution in [2.24, 2.45) is 4.99 Å². The Balaban J connectivity index is 2.64. The molecule has 1 aromatic rings. The largest absolute Gasteiger partial charge is 0.493 e. The monoisotopic (exact) mass is 336 g/mol. The fourth-order valence-electron chi connectivity index (χ4n) is 2.44. The molecular weight excluding hydrogens is 304 g/mol. The summed E-state index contributed by atoms with van der Waals surface area (Å²) in [5, 5.41) is 6.63. The van der Waals surface area contributed by atoms with Crippen LogP contribution in [0.3, 0.4) is 0 Å². The number of likely N-dealkylation sites (N-methyl/N-ethyl adjacent to an activating group) is 1. The van der Waals surface area contributed by atoms with Gasteiger partial charge >= 0.3 is 0 Å². The van der Waals surface area contributed by atoms with Gasteiger partial charge in [-0.2, -0.15) is 0 Å². The van der Waals surface area contributed by atoms with Crippen LogP contribution in [-0.2, 0) is 0 Å². The predicted octanol–water partition coefficient (Wildman–Crippen LogP) is 2.81.